The Morgan fingerprint density at radius 1 is 1.24 bits per heavy atom. The van der Waals surface area contributed by atoms with Gasteiger partial charge in [-0.3, -0.25) is 9.59 Å². The molecule has 0 amide bonds. The van der Waals surface area contributed by atoms with E-state index >= 15 is 0 Å². The van der Waals surface area contributed by atoms with Gasteiger partial charge in [0.25, 0.3) is 0 Å². The van der Waals surface area contributed by atoms with Crippen molar-refractivity contribution in [3.63, 3.8) is 0 Å². The number of benzene rings is 1. The highest BCUT2D eigenvalue weighted by atomic mass is 16.5. The molecule has 2 atom stereocenters. The van der Waals surface area contributed by atoms with Crippen LogP contribution in [0.5, 0.6) is 0 Å². The van der Waals surface area contributed by atoms with Gasteiger partial charge in [0.05, 0.1) is 26.1 Å². The van der Waals surface area contributed by atoms with Crippen molar-refractivity contribution < 1.29 is 24.2 Å². The molecule has 1 rings (SSSR count). The van der Waals surface area contributed by atoms with Crippen molar-refractivity contribution in [3.8, 4) is 0 Å². The second-order valence-electron chi connectivity index (χ2n) is 4.76. The maximum absolute atomic E-state index is 12.0. The van der Waals surface area contributed by atoms with E-state index in [1.807, 2.05) is 0 Å². The highest BCUT2D eigenvalue weighted by Crippen LogP contribution is 2.36. The number of aliphatic hydroxyl groups is 1. The van der Waals surface area contributed by atoms with Gasteiger partial charge in [-0.25, -0.2) is 0 Å². The maximum Gasteiger partial charge on any atom is 0.311 e. The molecule has 0 radical (unpaired) electrons. The van der Waals surface area contributed by atoms with E-state index in [0.717, 1.165) is 0 Å². The molecular weight excluding hydrogens is 272 g/mol. The van der Waals surface area contributed by atoms with E-state index in [2.05, 4.69) is 0 Å². The van der Waals surface area contributed by atoms with Crippen molar-refractivity contribution in [1.82, 2.24) is 0 Å². The summed E-state index contributed by atoms with van der Waals surface area (Å²) in [4.78, 5) is 23.8. The van der Waals surface area contributed by atoms with Crippen LogP contribution in [0.15, 0.2) is 30.3 Å². The van der Waals surface area contributed by atoms with Crippen LogP contribution >= 0.6 is 0 Å². The predicted molar refractivity (Wildman–Crippen MR) is 77.4 cm³/mol. The second kappa shape index (κ2) is 7.78. The first-order chi connectivity index (χ1) is 9.99. The van der Waals surface area contributed by atoms with Crippen LogP contribution in [-0.2, 0) is 24.7 Å². The summed E-state index contributed by atoms with van der Waals surface area (Å²) >= 11 is 0. The number of hydrogen-bond donors (Lipinski definition) is 1. The van der Waals surface area contributed by atoms with Gasteiger partial charge in [-0.1, -0.05) is 37.3 Å². The summed E-state index contributed by atoms with van der Waals surface area (Å²) in [6, 6.07) is 8.66. The summed E-state index contributed by atoms with van der Waals surface area (Å²) in [6.07, 6.45) is 0.0515. The van der Waals surface area contributed by atoms with E-state index in [0.29, 0.717) is 12.0 Å². The minimum atomic E-state index is -1.64. The van der Waals surface area contributed by atoms with E-state index in [4.69, 9.17) is 9.47 Å². The lowest BCUT2D eigenvalue weighted by atomic mass is 9.77. The predicted octanol–water partition coefficient (Wildman–Crippen LogP) is 2.03. The Labute approximate surface area is 124 Å². The van der Waals surface area contributed by atoms with Gasteiger partial charge in [0, 0.05) is 0 Å². The Morgan fingerprint density at radius 2 is 1.86 bits per heavy atom. The van der Waals surface area contributed by atoms with Gasteiger partial charge in [-0.2, -0.15) is 0 Å². The smallest absolute Gasteiger partial charge is 0.311 e. The molecule has 0 saturated carbocycles. The van der Waals surface area contributed by atoms with Crippen molar-refractivity contribution in [3.05, 3.63) is 35.9 Å². The Kier molecular flexibility index (Phi) is 6.37. The molecular formula is C16H22O5. The van der Waals surface area contributed by atoms with Crippen LogP contribution in [0.1, 0.15) is 32.3 Å². The summed E-state index contributed by atoms with van der Waals surface area (Å²) in [7, 11) is 1.26. The highest BCUT2D eigenvalue weighted by Gasteiger charge is 2.44. The molecule has 0 unspecified atom stereocenters. The van der Waals surface area contributed by atoms with Gasteiger partial charge in [0.2, 0.25) is 0 Å². The first kappa shape index (κ1) is 17.2. The van der Waals surface area contributed by atoms with Crippen LogP contribution < -0.4 is 0 Å². The third-order valence-corrected chi connectivity index (χ3v) is 3.46. The normalized spacial score (nSPS) is 14.9. The zero-order valence-electron chi connectivity index (χ0n) is 12.7. The topological polar surface area (TPSA) is 72.8 Å². The fourth-order valence-corrected chi connectivity index (χ4v) is 2.43. The second-order valence-corrected chi connectivity index (χ2v) is 4.76. The Balaban J connectivity index is 3.21. The van der Waals surface area contributed by atoms with Gasteiger partial charge in [-0.15, -0.1) is 0 Å². The van der Waals surface area contributed by atoms with E-state index in [-0.39, 0.29) is 13.0 Å². The Hall–Kier alpha value is -1.88. The van der Waals surface area contributed by atoms with E-state index in [1.54, 1.807) is 44.2 Å². The van der Waals surface area contributed by atoms with Gasteiger partial charge in [-0.05, 0) is 18.9 Å². The number of esters is 2. The lowest BCUT2D eigenvalue weighted by Gasteiger charge is -2.33. The molecule has 0 heterocycles. The molecule has 116 valence electrons. The number of hydrogen-bond acceptors (Lipinski definition) is 5. The molecule has 0 bridgehead atoms. The molecule has 0 aromatic heterocycles. The number of methoxy groups -OCH3 is 1. The lowest BCUT2D eigenvalue weighted by molar-refractivity contribution is -0.164. The number of carbonyl (C=O) groups excluding carboxylic acids is 2. The molecule has 0 saturated heterocycles. The van der Waals surface area contributed by atoms with Gasteiger partial charge in [0.1, 0.15) is 5.60 Å². The molecule has 5 heteroatoms. The van der Waals surface area contributed by atoms with Crippen LogP contribution in [0.3, 0.4) is 0 Å². The van der Waals surface area contributed by atoms with Crippen LogP contribution in [0.2, 0.25) is 0 Å². The number of ether oxygens (including phenoxy) is 2. The minimum absolute atomic E-state index is 0.221. The van der Waals surface area contributed by atoms with Crippen molar-refractivity contribution in [2.75, 3.05) is 13.7 Å². The van der Waals surface area contributed by atoms with Crippen LogP contribution in [-0.4, -0.2) is 30.8 Å². The fraction of sp³-hybridized carbons (Fsp3) is 0.500. The van der Waals surface area contributed by atoms with Crippen molar-refractivity contribution in [2.45, 2.75) is 32.3 Å². The lowest BCUT2D eigenvalue weighted by Crippen LogP contribution is -2.42. The summed E-state index contributed by atoms with van der Waals surface area (Å²) < 4.78 is 9.68. The molecule has 0 aliphatic heterocycles. The summed E-state index contributed by atoms with van der Waals surface area (Å²) in [5.74, 6) is -1.94. The van der Waals surface area contributed by atoms with Gasteiger partial charge in [0.15, 0.2) is 0 Å². The summed E-state index contributed by atoms with van der Waals surface area (Å²) in [6.45, 7) is 3.68. The molecule has 5 nitrogen and oxygen atoms in total. The molecule has 0 aliphatic rings. The Morgan fingerprint density at radius 3 is 2.33 bits per heavy atom. The highest BCUT2D eigenvalue weighted by molar-refractivity contribution is 5.77. The van der Waals surface area contributed by atoms with E-state index < -0.39 is 23.5 Å². The quantitative estimate of drug-likeness (QED) is 0.779. The van der Waals surface area contributed by atoms with Crippen molar-refractivity contribution >= 4 is 11.9 Å². The third kappa shape index (κ3) is 4.04. The van der Waals surface area contributed by atoms with Gasteiger partial charge >= 0.3 is 11.9 Å². The SMILES string of the molecule is CCOC(=O)C[C@@](O)(c1ccccc1)[C@H](CC)C(=O)OC. The molecule has 1 N–H and O–H groups in total. The minimum Gasteiger partial charge on any atom is -0.469 e. The number of carbonyl (C=O) groups is 2. The Bertz CT molecular complexity index is 471. The average molecular weight is 294 g/mol. The maximum atomic E-state index is 12.0. The molecule has 21 heavy (non-hydrogen) atoms. The van der Waals surface area contributed by atoms with Crippen LogP contribution in [0.4, 0.5) is 0 Å². The third-order valence-electron chi connectivity index (χ3n) is 3.46. The average Bonchev–Trinajstić information content (AvgIpc) is 2.48. The zero-order valence-corrected chi connectivity index (χ0v) is 12.7. The largest absolute Gasteiger partial charge is 0.469 e. The van der Waals surface area contributed by atoms with Gasteiger partial charge < -0.3 is 14.6 Å². The van der Waals surface area contributed by atoms with Crippen molar-refractivity contribution in [2.24, 2.45) is 5.92 Å². The van der Waals surface area contributed by atoms with E-state index in [9.17, 15) is 14.7 Å². The first-order valence-electron chi connectivity index (χ1n) is 7.00. The zero-order chi connectivity index (χ0) is 15.9. The molecule has 0 spiro atoms. The van der Waals surface area contributed by atoms with Crippen molar-refractivity contribution in [1.29, 1.82) is 0 Å². The summed E-state index contributed by atoms with van der Waals surface area (Å²) in [5.41, 5.74) is -1.15. The monoisotopic (exact) mass is 294 g/mol. The van der Waals surface area contributed by atoms with Crippen LogP contribution in [0.25, 0.3) is 0 Å². The molecule has 1 aromatic rings. The summed E-state index contributed by atoms with van der Waals surface area (Å²) in [5, 5.41) is 11.0. The standard InChI is InChI=1S/C16H22O5/c1-4-13(15(18)20-3)16(19,11-14(17)21-5-2)12-9-7-6-8-10-12/h6-10,13,19H,4-5,11H2,1-3H3/t13-,16-/m1/s1. The molecule has 1 aromatic carbocycles. The molecule has 0 fully saturated rings. The number of rotatable bonds is 7. The first-order valence-corrected chi connectivity index (χ1v) is 7.00. The van der Waals surface area contributed by atoms with E-state index in [1.165, 1.54) is 7.11 Å². The van der Waals surface area contributed by atoms with Crippen LogP contribution in [0, 0.1) is 5.92 Å². The molecule has 0 aliphatic carbocycles. The fourth-order valence-electron chi connectivity index (χ4n) is 2.43.